The van der Waals surface area contributed by atoms with Crippen LogP contribution in [0.15, 0.2) is 36.0 Å². The number of benzene rings is 1. The van der Waals surface area contributed by atoms with Crippen molar-refractivity contribution < 1.29 is 9.50 Å². The third-order valence-electron chi connectivity index (χ3n) is 2.33. The standard InChI is InChI=1S/C12H12FNOS/c13-12-4-2-1-3-9(12)5-10(15)6-11-7-14-8-16-11/h1-4,7-8,10,15H,5-6H2. The fourth-order valence-electron chi connectivity index (χ4n) is 1.57. The Balaban J connectivity index is 1.97. The molecule has 2 aromatic rings. The third kappa shape index (κ3) is 2.87. The second-order valence-electron chi connectivity index (χ2n) is 3.62. The fourth-order valence-corrected chi connectivity index (χ4v) is 2.23. The molecule has 0 saturated heterocycles. The van der Waals surface area contributed by atoms with Crippen molar-refractivity contribution in [1.82, 2.24) is 4.98 Å². The number of halogens is 1. The number of hydrogen-bond acceptors (Lipinski definition) is 3. The summed E-state index contributed by atoms with van der Waals surface area (Å²) in [4.78, 5) is 4.95. The topological polar surface area (TPSA) is 33.1 Å². The molecule has 0 amide bonds. The van der Waals surface area contributed by atoms with E-state index in [1.165, 1.54) is 17.4 Å². The zero-order chi connectivity index (χ0) is 11.4. The van der Waals surface area contributed by atoms with Crippen molar-refractivity contribution in [3.05, 3.63) is 52.2 Å². The molecule has 1 N–H and O–H groups in total. The summed E-state index contributed by atoms with van der Waals surface area (Å²) in [6.07, 6.45) is 2.04. The summed E-state index contributed by atoms with van der Waals surface area (Å²) in [6.45, 7) is 0. The first-order valence-corrected chi connectivity index (χ1v) is 5.92. The van der Waals surface area contributed by atoms with Crippen LogP contribution < -0.4 is 0 Å². The van der Waals surface area contributed by atoms with Crippen LogP contribution in [0.25, 0.3) is 0 Å². The van der Waals surface area contributed by atoms with E-state index in [4.69, 9.17) is 0 Å². The third-order valence-corrected chi connectivity index (χ3v) is 3.14. The number of aliphatic hydroxyl groups is 1. The summed E-state index contributed by atoms with van der Waals surface area (Å²) in [6, 6.07) is 6.53. The molecule has 1 aromatic carbocycles. The molecule has 4 heteroatoms. The van der Waals surface area contributed by atoms with E-state index in [1.807, 2.05) is 0 Å². The summed E-state index contributed by atoms with van der Waals surface area (Å²) in [7, 11) is 0. The Hall–Kier alpha value is -1.26. The van der Waals surface area contributed by atoms with Crippen molar-refractivity contribution in [3.8, 4) is 0 Å². The Kier molecular flexibility index (Phi) is 3.64. The first-order valence-electron chi connectivity index (χ1n) is 5.04. The summed E-state index contributed by atoms with van der Waals surface area (Å²) in [5.41, 5.74) is 2.28. The largest absolute Gasteiger partial charge is 0.392 e. The van der Waals surface area contributed by atoms with Gasteiger partial charge in [-0.05, 0) is 11.6 Å². The number of hydrogen-bond donors (Lipinski definition) is 1. The van der Waals surface area contributed by atoms with E-state index < -0.39 is 6.10 Å². The highest BCUT2D eigenvalue weighted by Crippen LogP contribution is 2.14. The molecule has 1 aromatic heterocycles. The van der Waals surface area contributed by atoms with Gasteiger partial charge in [0.05, 0.1) is 11.6 Å². The van der Waals surface area contributed by atoms with Crippen molar-refractivity contribution >= 4 is 11.3 Å². The first kappa shape index (κ1) is 11.2. The highest BCUT2D eigenvalue weighted by molar-refractivity contribution is 7.09. The van der Waals surface area contributed by atoms with Gasteiger partial charge in [-0.25, -0.2) is 4.39 Å². The van der Waals surface area contributed by atoms with Crippen LogP contribution in [0.4, 0.5) is 4.39 Å². The second-order valence-corrected chi connectivity index (χ2v) is 4.59. The molecular formula is C12H12FNOS. The average Bonchev–Trinajstić information content (AvgIpc) is 2.74. The molecule has 1 heterocycles. The van der Waals surface area contributed by atoms with Crippen LogP contribution in [0, 0.1) is 5.82 Å². The normalized spacial score (nSPS) is 12.6. The van der Waals surface area contributed by atoms with Crippen LogP contribution in [0.3, 0.4) is 0 Å². The molecule has 16 heavy (non-hydrogen) atoms. The van der Waals surface area contributed by atoms with E-state index in [0.717, 1.165) is 4.88 Å². The molecule has 0 aliphatic rings. The highest BCUT2D eigenvalue weighted by atomic mass is 32.1. The van der Waals surface area contributed by atoms with Gasteiger partial charge in [-0.3, -0.25) is 4.98 Å². The van der Waals surface area contributed by atoms with Crippen molar-refractivity contribution in [3.63, 3.8) is 0 Å². The minimum absolute atomic E-state index is 0.258. The first-order chi connectivity index (χ1) is 7.75. The SMILES string of the molecule is OC(Cc1cncs1)Cc1ccccc1F. The van der Waals surface area contributed by atoms with Gasteiger partial charge in [0, 0.05) is 23.9 Å². The maximum Gasteiger partial charge on any atom is 0.126 e. The molecule has 0 fully saturated rings. The van der Waals surface area contributed by atoms with Crippen molar-refractivity contribution in [1.29, 1.82) is 0 Å². The lowest BCUT2D eigenvalue weighted by Crippen LogP contribution is -2.14. The molecule has 2 rings (SSSR count). The van der Waals surface area contributed by atoms with Gasteiger partial charge < -0.3 is 5.11 Å². The zero-order valence-corrected chi connectivity index (χ0v) is 9.45. The predicted octanol–water partition coefficient (Wildman–Crippen LogP) is 2.43. The monoisotopic (exact) mass is 237 g/mol. The molecule has 0 bridgehead atoms. The fraction of sp³-hybridized carbons (Fsp3) is 0.250. The molecule has 0 aliphatic heterocycles. The molecule has 0 saturated carbocycles. The summed E-state index contributed by atoms with van der Waals surface area (Å²) in [5, 5.41) is 9.81. The molecular weight excluding hydrogens is 225 g/mol. The molecule has 0 radical (unpaired) electrons. The van der Waals surface area contributed by atoms with Crippen LogP contribution in [0.1, 0.15) is 10.4 Å². The summed E-state index contributed by atoms with van der Waals surface area (Å²) >= 11 is 1.50. The van der Waals surface area contributed by atoms with E-state index in [9.17, 15) is 9.50 Å². The van der Waals surface area contributed by atoms with Gasteiger partial charge in [-0.2, -0.15) is 0 Å². The Morgan fingerprint density at radius 3 is 2.81 bits per heavy atom. The Morgan fingerprint density at radius 2 is 2.12 bits per heavy atom. The van der Waals surface area contributed by atoms with Crippen LogP contribution in [0.5, 0.6) is 0 Å². The van der Waals surface area contributed by atoms with E-state index in [1.54, 1.807) is 29.9 Å². The molecule has 2 nitrogen and oxygen atoms in total. The number of rotatable bonds is 4. The minimum Gasteiger partial charge on any atom is -0.392 e. The number of thiazole rings is 1. The van der Waals surface area contributed by atoms with Crippen molar-refractivity contribution in [2.24, 2.45) is 0 Å². The maximum absolute atomic E-state index is 13.3. The second kappa shape index (κ2) is 5.18. The van der Waals surface area contributed by atoms with Gasteiger partial charge in [0.15, 0.2) is 0 Å². The van der Waals surface area contributed by atoms with E-state index in [2.05, 4.69) is 4.98 Å². The highest BCUT2D eigenvalue weighted by Gasteiger charge is 2.10. The lowest BCUT2D eigenvalue weighted by atomic mass is 10.0. The number of nitrogens with zero attached hydrogens (tertiary/aromatic N) is 1. The molecule has 84 valence electrons. The van der Waals surface area contributed by atoms with Gasteiger partial charge in [0.2, 0.25) is 0 Å². The van der Waals surface area contributed by atoms with Gasteiger partial charge in [-0.15, -0.1) is 11.3 Å². The van der Waals surface area contributed by atoms with Gasteiger partial charge in [-0.1, -0.05) is 18.2 Å². The molecule has 0 spiro atoms. The summed E-state index contributed by atoms with van der Waals surface area (Å²) < 4.78 is 13.3. The number of aliphatic hydroxyl groups excluding tert-OH is 1. The predicted molar refractivity (Wildman–Crippen MR) is 61.9 cm³/mol. The molecule has 0 aliphatic carbocycles. The average molecular weight is 237 g/mol. The quantitative estimate of drug-likeness (QED) is 0.886. The van der Waals surface area contributed by atoms with Crippen LogP contribution >= 0.6 is 11.3 Å². The van der Waals surface area contributed by atoms with E-state index in [-0.39, 0.29) is 5.82 Å². The molecule has 1 unspecified atom stereocenters. The Bertz CT molecular complexity index is 444. The van der Waals surface area contributed by atoms with Crippen molar-refractivity contribution in [2.75, 3.05) is 0 Å². The van der Waals surface area contributed by atoms with Gasteiger partial charge >= 0.3 is 0 Å². The van der Waals surface area contributed by atoms with Gasteiger partial charge in [0.25, 0.3) is 0 Å². The summed E-state index contributed by atoms with van der Waals surface area (Å²) in [5.74, 6) is -0.258. The Morgan fingerprint density at radius 1 is 1.31 bits per heavy atom. The van der Waals surface area contributed by atoms with Crippen LogP contribution in [-0.4, -0.2) is 16.2 Å². The van der Waals surface area contributed by atoms with Crippen LogP contribution in [0.2, 0.25) is 0 Å². The van der Waals surface area contributed by atoms with Crippen LogP contribution in [-0.2, 0) is 12.8 Å². The number of aromatic nitrogens is 1. The van der Waals surface area contributed by atoms with E-state index in [0.29, 0.717) is 18.4 Å². The van der Waals surface area contributed by atoms with Crippen molar-refractivity contribution in [2.45, 2.75) is 18.9 Å². The molecule has 1 atom stereocenters. The maximum atomic E-state index is 13.3. The lowest BCUT2D eigenvalue weighted by Gasteiger charge is -2.09. The van der Waals surface area contributed by atoms with Gasteiger partial charge in [0.1, 0.15) is 5.82 Å². The lowest BCUT2D eigenvalue weighted by molar-refractivity contribution is 0.175. The minimum atomic E-state index is -0.558. The Labute approximate surface area is 97.4 Å². The smallest absolute Gasteiger partial charge is 0.126 e. The van der Waals surface area contributed by atoms with E-state index >= 15 is 0 Å². The zero-order valence-electron chi connectivity index (χ0n) is 8.64.